The maximum absolute atomic E-state index is 13.6. The summed E-state index contributed by atoms with van der Waals surface area (Å²) in [6, 6.07) is 11.0. The van der Waals surface area contributed by atoms with Gasteiger partial charge in [-0.1, -0.05) is 41.9 Å². The Labute approximate surface area is 218 Å². The molecule has 0 spiro atoms. The number of ketones is 1. The zero-order valence-electron chi connectivity index (χ0n) is 20.7. The Morgan fingerprint density at radius 2 is 1.83 bits per heavy atom. The van der Waals surface area contributed by atoms with Gasteiger partial charge in [-0.15, -0.1) is 0 Å². The fourth-order valence-corrected chi connectivity index (χ4v) is 5.67. The number of nitrogens with one attached hydrogen (secondary N) is 1. The van der Waals surface area contributed by atoms with Crippen LogP contribution >= 0.6 is 15.9 Å². The molecule has 5 rings (SSSR count). The van der Waals surface area contributed by atoms with Gasteiger partial charge in [0.2, 0.25) is 6.79 Å². The van der Waals surface area contributed by atoms with Crippen molar-refractivity contribution in [3.05, 3.63) is 74.5 Å². The van der Waals surface area contributed by atoms with Gasteiger partial charge < -0.3 is 24.3 Å². The van der Waals surface area contributed by atoms with Crippen LogP contribution < -0.4 is 19.5 Å². The van der Waals surface area contributed by atoms with Crippen LogP contribution in [0.1, 0.15) is 50.7 Å². The maximum atomic E-state index is 13.6. The largest absolute Gasteiger partial charge is 0.497 e. The molecule has 2 aromatic rings. The number of Topliss-reactive ketones (excluding diaryl/α,β-unsaturated/α-hetero) is 1. The summed E-state index contributed by atoms with van der Waals surface area (Å²) in [5.41, 5.74) is 3.97. The number of carbonyl (C=O) groups is 2. The third-order valence-corrected chi connectivity index (χ3v) is 7.48. The summed E-state index contributed by atoms with van der Waals surface area (Å²) in [6.07, 6.45) is 1.11. The molecule has 0 aromatic heterocycles. The van der Waals surface area contributed by atoms with Gasteiger partial charge in [-0.05, 0) is 54.2 Å². The van der Waals surface area contributed by atoms with Crippen LogP contribution in [0.25, 0.3) is 0 Å². The number of fused-ring (bicyclic) bond motifs is 1. The third kappa shape index (κ3) is 4.50. The smallest absolute Gasteiger partial charge is 0.337 e. The van der Waals surface area contributed by atoms with E-state index in [0.717, 1.165) is 27.0 Å². The molecule has 0 unspecified atom stereocenters. The van der Waals surface area contributed by atoms with Crippen molar-refractivity contribution in [3.63, 3.8) is 0 Å². The molecule has 3 aliphatic rings. The van der Waals surface area contributed by atoms with Gasteiger partial charge in [0.05, 0.1) is 12.7 Å². The molecular weight excluding hydrogens is 526 g/mol. The second-order valence-electron chi connectivity index (χ2n) is 10.1. The molecule has 2 heterocycles. The number of hydrogen-bond donors (Lipinski definition) is 1. The molecule has 0 saturated carbocycles. The first kappa shape index (κ1) is 24.4. The number of esters is 1. The molecule has 0 fully saturated rings. The van der Waals surface area contributed by atoms with E-state index in [1.807, 2.05) is 43.3 Å². The quantitative estimate of drug-likeness (QED) is 0.487. The minimum Gasteiger partial charge on any atom is -0.497 e. The van der Waals surface area contributed by atoms with Crippen molar-refractivity contribution in [2.75, 3.05) is 13.9 Å². The number of halogens is 1. The molecule has 1 N–H and O–H groups in total. The van der Waals surface area contributed by atoms with Crippen LogP contribution in [-0.2, 0) is 20.9 Å². The van der Waals surface area contributed by atoms with E-state index in [-0.39, 0.29) is 24.6 Å². The molecule has 188 valence electrons. The third-order valence-electron chi connectivity index (χ3n) is 6.79. The molecule has 7 nitrogen and oxygen atoms in total. The molecule has 0 bridgehead atoms. The van der Waals surface area contributed by atoms with E-state index in [4.69, 9.17) is 18.9 Å². The predicted molar refractivity (Wildman–Crippen MR) is 137 cm³/mol. The highest BCUT2D eigenvalue weighted by atomic mass is 79.9. The van der Waals surface area contributed by atoms with Gasteiger partial charge in [0, 0.05) is 33.8 Å². The summed E-state index contributed by atoms with van der Waals surface area (Å²) in [4.78, 5) is 27.1. The van der Waals surface area contributed by atoms with Crippen LogP contribution in [0.2, 0.25) is 0 Å². The highest BCUT2D eigenvalue weighted by molar-refractivity contribution is 9.10. The van der Waals surface area contributed by atoms with Crippen molar-refractivity contribution in [2.45, 2.75) is 46.1 Å². The first-order chi connectivity index (χ1) is 17.2. The molecule has 36 heavy (non-hydrogen) atoms. The van der Waals surface area contributed by atoms with E-state index >= 15 is 0 Å². The number of methoxy groups -OCH3 is 1. The van der Waals surface area contributed by atoms with Crippen molar-refractivity contribution in [2.24, 2.45) is 5.41 Å². The topological polar surface area (TPSA) is 83.1 Å². The van der Waals surface area contributed by atoms with E-state index in [2.05, 4.69) is 35.1 Å². The number of rotatable bonds is 5. The van der Waals surface area contributed by atoms with E-state index in [9.17, 15) is 9.59 Å². The van der Waals surface area contributed by atoms with Gasteiger partial charge in [-0.25, -0.2) is 4.79 Å². The number of benzene rings is 2. The Morgan fingerprint density at radius 1 is 1.14 bits per heavy atom. The van der Waals surface area contributed by atoms with E-state index in [1.165, 1.54) is 0 Å². The molecule has 1 atom stereocenters. The van der Waals surface area contributed by atoms with Gasteiger partial charge in [0.1, 0.15) is 12.4 Å². The first-order valence-corrected chi connectivity index (χ1v) is 12.6. The standard InChI is InChI=1S/C28H28BrNO6/c1-15-24(27(32)34-13-16-5-7-17(33-4)8-6-16)25(18-9-22-23(10-19(18)29)36-14-35-22)26-20(30-15)11-28(2,3)12-21(26)31/h5-10,25,30H,11-14H2,1-4H3/t25-/m0/s1. The average Bonchev–Trinajstić information content (AvgIpc) is 3.27. The van der Waals surface area contributed by atoms with Gasteiger partial charge >= 0.3 is 5.97 Å². The lowest BCUT2D eigenvalue weighted by Gasteiger charge is -2.39. The van der Waals surface area contributed by atoms with Crippen LogP contribution in [0.5, 0.6) is 17.2 Å². The average molecular weight is 554 g/mol. The van der Waals surface area contributed by atoms with Crippen molar-refractivity contribution < 1.29 is 28.5 Å². The number of dihydropyridines is 1. The lowest BCUT2D eigenvalue weighted by molar-refractivity contribution is -0.140. The van der Waals surface area contributed by atoms with Crippen molar-refractivity contribution in [3.8, 4) is 17.2 Å². The molecule has 0 radical (unpaired) electrons. The molecule has 0 amide bonds. The Morgan fingerprint density at radius 3 is 2.53 bits per heavy atom. The summed E-state index contributed by atoms with van der Waals surface area (Å²) >= 11 is 3.65. The molecular formula is C28H28BrNO6. The van der Waals surface area contributed by atoms with Gasteiger partial charge in [0.25, 0.3) is 0 Å². The summed E-state index contributed by atoms with van der Waals surface area (Å²) in [5.74, 6) is 0.879. The van der Waals surface area contributed by atoms with Crippen molar-refractivity contribution >= 4 is 27.7 Å². The van der Waals surface area contributed by atoms with E-state index in [0.29, 0.717) is 41.2 Å². The molecule has 8 heteroatoms. The molecule has 2 aliphatic heterocycles. The van der Waals surface area contributed by atoms with E-state index in [1.54, 1.807) is 7.11 Å². The lowest BCUT2D eigenvalue weighted by atomic mass is 9.68. The Hall–Kier alpha value is -3.26. The highest BCUT2D eigenvalue weighted by Crippen LogP contribution is 2.50. The van der Waals surface area contributed by atoms with Crippen LogP contribution in [-0.4, -0.2) is 25.7 Å². The minimum atomic E-state index is -0.600. The summed E-state index contributed by atoms with van der Waals surface area (Å²) in [5, 5.41) is 3.37. The summed E-state index contributed by atoms with van der Waals surface area (Å²) in [6.45, 7) is 6.25. The lowest BCUT2D eigenvalue weighted by Crippen LogP contribution is -2.38. The fourth-order valence-electron chi connectivity index (χ4n) is 5.12. The SMILES string of the molecule is COc1ccc(COC(=O)C2=C(C)NC3=C(C(=O)CC(C)(C)C3)[C@H]2c2cc3c(cc2Br)OCO3)cc1. The number of hydrogen-bond acceptors (Lipinski definition) is 7. The van der Waals surface area contributed by atoms with Crippen molar-refractivity contribution in [1.29, 1.82) is 0 Å². The molecule has 2 aromatic carbocycles. The van der Waals surface area contributed by atoms with Crippen LogP contribution in [0.4, 0.5) is 0 Å². The summed E-state index contributed by atoms with van der Waals surface area (Å²) < 4.78 is 22.8. The Kier molecular flexibility index (Phi) is 6.32. The zero-order chi connectivity index (χ0) is 25.6. The number of allylic oxidation sites excluding steroid dienone is 3. The van der Waals surface area contributed by atoms with Crippen LogP contribution in [0.3, 0.4) is 0 Å². The summed E-state index contributed by atoms with van der Waals surface area (Å²) in [7, 11) is 1.60. The highest BCUT2D eigenvalue weighted by Gasteiger charge is 2.44. The Bertz CT molecular complexity index is 1310. The number of ether oxygens (including phenoxy) is 4. The van der Waals surface area contributed by atoms with Gasteiger partial charge in [-0.3, -0.25) is 4.79 Å². The zero-order valence-corrected chi connectivity index (χ0v) is 22.3. The monoisotopic (exact) mass is 553 g/mol. The predicted octanol–water partition coefficient (Wildman–Crippen LogP) is 5.53. The second kappa shape index (κ2) is 9.32. The maximum Gasteiger partial charge on any atom is 0.337 e. The molecule has 0 saturated heterocycles. The second-order valence-corrected chi connectivity index (χ2v) is 10.9. The minimum absolute atomic E-state index is 0.0243. The first-order valence-electron chi connectivity index (χ1n) is 11.8. The van der Waals surface area contributed by atoms with Gasteiger partial charge in [0.15, 0.2) is 17.3 Å². The van der Waals surface area contributed by atoms with Crippen molar-refractivity contribution in [1.82, 2.24) is 5.32 Å². The Balaban J connectivity index is 1.54. The fraction of sp³-hybridized carbons (Fsp3) is 0.357. The molecule has 1 aliphatic carbocycles. The van der Waals surface area contributed by atoms with Gasteiger partial charge in [-0.2, -0.15) is 0 Å². The normalized spacial score (nSPS) is 20.1. The van der Waals surface area contributed by atoms with E-state index < -0.39 is 11.9 Å². The van der Waals surface area contributed by atoms with Crippen LogP contribution in [0.15, 0.2) is 63.4 Å². The van der Waals surface area contributed by atoms with Crippen LogP contribution in [0, 0.1) is 5.41 Å². The number of carbonyl (C=O) groups excluding carboxylic acids is 2.